The molecule has 24 heavy (non-hydrogen) atoms. The number of esters is 1. The lowest BCUT2D eigenvalue weighted by atomic mass is 9.95. The van der Waals surface area contributed by atoms with Crippen LogP contribution in [0.3, 0.4) is 0 Å². The minimum Gasteiger partial charge on any atom is -0.508 e. The quantitative estimate of drug-likeness (QED) is 0.563. The topological polar surface area (TPSA) is 83.8 Å². The molecule has 0 aromatic heterocycles. The van der Waals surface area contributed by atoms with Gasteiger partial charge in [-0.1, -0.05) is 18.2 Å². The summed E-state index contributed by atoms with van der Waals surface area (Å²) in [6.07, 6.45) is 8.86. The zero-order chi connectivity index (χ0) is 17.7. The van der Waals surface area contributed by atoms with Gasteiger partial charge in [-0.25, -0.2) is 4.79 Å². The molecule has 1 aromatic carbocycles. The number of ether oxygens (including phenoxy) is 1. The van der Waals surface area contributed by atoms with Crippen molar-refractivity contribution >= 4 is 11.8 Å². The van der Waals surface area contributed by atoms with Gasteiger partial charge >= 0.3 is 5.97 Å². The fraction of sp³-hybridized carbons (Fsp3) is 0.368. The highest BCUT2D eigenvalue weighted by Gasteiger charge is 2.24. The molecule has 1 heterocycles. The first-order chi connectivity index (χ1) is 11.4. The van der Waals surface area contributed by atoms with Crippen LogP contribution in [-0.4, -0.2) is 28.1 Å². The number of ketones is 1. The van der Waals surface area contributed by atoms with E-state index >= 15 is 0 Å². The first-order valence-corrected chi connectivity index (χ1v) is 8.00. The van der Waals surface area contributed by atoms with Crippen molar-refractivity contribution in [2.45, 2.75) is 45.6 Å². The maximum Gasteiger partial charge on any atom is 0.342 e. The summed E-state index contributed by atoms with van der Waals surface area (Å²) in [7, 11) is 0. The SMILES string of the molecule is Cc1c(O)cc(O)c2c1CC(=O)/C=C/CC/C=C/C[C@@H](C)OC2=O. The van der Waals surface area contributed by atoms with Crippen LogP contribution in [0, 0.1) is 6.92 Å². The van der Waals surface area contributed by atoms with Crippen molar-refractivity contribution < 1.29 is 24.5 Å². The van der Waals surface area contributed by atoms with Crippen LogP contribution in [0.2, 0.25) is 0 Å². The zero-order valence-electron chi connectivity index (χ0n) is 13.9. The molecule has 0 saturated carbocycles. The van der Waals surface area contributed by atoms with Crippen LogP contribution >= 0.6 is 0 Å². The second-order valence-electron chi connectivity index (χ2n) is 5.94. The lowest BCUT2D eigenvalue weighted by Gasteiger charge is -2.17. The van der Waals surface area contributed by atoms with E-state index in [9.17, 15) is 19.8 Å². The monoisotopic (exact) mass is 330 g/mol. The lowest BCUT2D eigenvalue weighted by Crippen LogP contribution is -2.18. The van der Waals surface area contributed by atoms with E-state index in [4.69, 9.17) is 4.74 Å². The summed E-state index contributed by atoms with van der Waals surface area (Å²) in [5, 5.41) is 20.0. The van der Waals surface area contributed by atoms with Crippen molar-refractivity contribution in [1.82, 2.24) is 0 Å². The molecule has 1 atom stereocenters. The van der Waals surface area contributed by atoms with E-state index < -0.39 is 5.97 Å². The number of allylic oxidation sites excluding steroid dienone is 3. The maximum atomic E-state index is 12.5. The fourth-order valence-electron chi connectivity index (χ4n) is 2.59. The summed E-state index contributed by atoms with van der Waals surface area (Å²) >= 11 is 0. The van der Waals surface area contributed by atoms with Gasteiger partial charge < -0.3 is 14.9 Å². The number of hydrogen-bond acceptors (Lipinski definition) is 5. The molecule has 0 radical (unpaired) electrons. The Balaban J connectivity index is 2.49. The average molecular weight is 330 g/mol. The Bertz CT molecular complexity index is 700. The summed E-state index contributed by atoms with van der Waals surface area (Å²) < 4.78 is 5.37. The van der Waals surface area contributed by atoms with Gasteiger partial charge in [0.15, 0.2) is 5.78 Å². The van der Waals surface area contributed by atoms with Gasteiger partial charge in [0.2, 0.25) is 0 Å². The van der Waals surface area contributed by atoms with Crippen molar-refractivity contribution in [1.29, 1.82) is 0 Å². The molecular weight excluding hydrogens is 308 g/mol. The molecule has 2 rings (SSSR count). The summed E-state index contributed by atoms with van der Waals surface area (Å²) in [5.74, 6) is -1.44. The predicted molar refractivity (Wildman–Crippen MR) is 90.2 cm³/mol. The molecule has 1 aliphatic rings. The number of fused-ring (bicyclic) bond motifs is 1. The Kier molecular flexibility index (Phi) is 5.79. The van der Waals surface area contributed by atoms with E-state index in [-0.39, 0.29) is 35.4 Å². The zero-order valence-corrected chi connectivity index (χ0v) is 13.9. The van der Waals surface area contributed by atoms with E-state index in [0.717, 1.165) is 18.9 Å². The van der Waals surface area contributed by atoms with Crippen LogP contribution in [0.5, 0.6) is 11.5 Å². The smallest absolute Gasteiger partial charge is 0.342 e. The van der Waals surface area contributed by atoms with E-state index in [0.29, 0.717) is 17.5 Å². The minimum absolute atomic E-state index is 0.0556. The molecule has 5 heteroatoms. The second-order valence-corrected chi connectivity index (χ2v) is 5.94. The molecule has 0 aliphatic carbocycles. The van der Waals surface area contributed by atoms with E-state index in [1.165, 1.54) is 6.08 Å². The van der Waals surface area contributed by atoms with Crippen molar-refractivity contribution in [3.05, 3.63) is 47.1 Å². The van der Waals surface area contributed by atoms with Crippen LogP contribution < -0.4 is 0 Å². The number of benzene rings is 1. The Morgan fingerprint density at radius 1 is 1.08 bits per heavy atom. The number of hydrogen-bond donors (Lipinski definition) is 2. The standard InChI is InChI=1S/C19H22O5/c1-12-8-6-4-3-5-7-9-14(20)10-15-13(2)16(21)11-17(22)18(15)19(23)24-12/h4,6-7,9,11-12,21-22H,3,5,8,10H2,1-2H3/b6-4+,9-7+/t12-/m1/s1. The predicted octanol–water partition coefficient (Wildman–Crippen LogP) is 3.36. The second kappa shape index (κ2) is 7.81. The normalized spacial score (nSPS) is 22.2. The largest absolute Gasteiger partial charge is 0.508 e. The van der Waals surface area contributed by atoms with Gasteiger partial charge in [0.25, 0.3) is 0 Å². The molecule has 0 bridgehead atoms. The molecular formula is C19H22O5. The van der Waals surface area contributed by atoms with Gasteiger partial charge in [0.1, 0.15) is 23.2 Å². The number of carbonyl (C=O) groups is 2. The lowest BCUT2D eigenvalue weighted by molar-refractivity contribution is -0.114. The van der Waals surface area contributed by atoms with Crippen LogP contribution in [0.4, 0.5) is 0 Å². The van der Waals surface area contributed by atoms with Gasteiger partial charge in [-0.05, 0) is 43.9 Å². The fourth-order valence-corrected chi connectivity index (χ4v) is 2.59. The highest BCUT2D eigenvalue weighted by atomic mass is 16.5. The van der Waals surface area contributed by atoms with Gasteiger partial charge in [0, 0.05) is 18.9 Å². The average Bonchev–Trinajstić information content (AvgIpc) is 2.50. The number of aromatic hydroxyl groups is 2. The van der Waals surface area contributed by atoms with Crippen LogP contribution in [0.15, 0.2) is 30.4 Å². The van der Waals surface area contributed by atoms with Gasteiger partial charge in [0.05, 0.1) is 0 Å². The molecule has 0 unspecified atom stereocenters. The molecule has 5 nitrogen and oxygen atoms in total. The summed E-state index contributed by atoms with van der Waals surface area (Å²) in [6, 6.07) is 1.10. The van der Waals surface area contributed by atoms with E-state index in [1.807, 2.05) is 12.2 Å². The number of cyclic esters (lactones) is 1. The molecule has 0 fully saturated rings. The number of carbonyl (C=O) groups excluding carboxylic acids is 2. The Morgan fingerprint density at radius 3 is 2.54 bits per heavy atom. The molecule has 1 aliphatic heterocycles. The third-order valence-corrected chi connectivity index (χ3v) is 3.97. The third-order valence-electron chi connectivity index (χ3n) is 3.97. The van der Waals surface area contributed by atoms with Crippen LogP contribution in [-0.2, 0) is 16.0 Å². The van der Waals surface area contributed by atoms with Gasteiger partial charge in [-0.3, -0.25) is 4.79 Å². The maximum absolute atomic E-state index is 12.5. The molecule has 0 spiro atoms. The molecule has 128 valence electrons. The van der Waals surface area contributed by atoms with Gasteiger partial charge in [-0.2, -0.15) is 0 Å². The molecule has 0 saturated heterocycles. The molecule has 0 amide bonds. The van der Waals surface area contributed by atoms with Crippen molar-refractivity contribution in [2.24, 2.45) is 0 Å². The van der Waals surface area contributed by atoms with Crippen molar-refractivity contribution in [3.8, 4) is 11.5 Å². The first kappa shape index (κ1) is 17.8. The Morgan fingerprint density at radius 2 is 1.79 bits per heavy atom. The number of phenolic OH excluding ortho intramolecular Hbond substituents is 2. The van der Waals surface area contributed by atoms with Crippen LogP contribution in [0.1, 0.15) is 47.7 Å². The Hall–Kier alpha value is -2.56. The molecule has 2 N–H and O–H groups in total. The third kappa shape index (κ3) is 4.25. The molecule has 1 aromatic rings. The number of rotatable bonds is 0. The Labute approximate surface area is 141 Å². The number of phenols is 2. The van der Waals surface area contributed by atoms with E-state index in [1.54, 1.807) is 19.9 Å². The van der Waals surface area contributed by atoms with Crippen molar-refractivity contribution in [2.75, 3.05) is 0 Å². The van der Waals surface area contributed by atoms with Crippen molar-refractivity contribution in [3.63, 3.8) is 0 Å². The highest BCUT2D eigenvalue weighted by Crippen LogP contribution is 2.33. The summed E-state index contributed by atoms with van der Waals surface area (Å²) in [6.45, 7) is 3.37. The summed E-state index contributed by atoms with van der Waals surface area (Å²) in [5.41, 5.74) is 0.632. The van der Waals surface area contributed by atoms with E-state index in [2.05, 4.69) is 0 Å². The highest BCUT2D eigenvalue weighted by molar-refractivity contribution is 5.99. The summed E-state index contributed by atoms with van der Waals surface area (Å²) in [4.78, 5) is 24.6. The minimum atomic E-state index is -0.694. The van der Waals surface area contributed by atoms with Gasteiger partial charge in [-0.15, -0.1) is 0 Å². The first-order valence-electron chi connectivity index (χ1n) is 8.00. The van der Waals surface area contributed by atoms with Crippen LogP contribution in [0.25, 0.3) is 0 Å².